The van der Waals surface area contributed by atoms with Gasteiger partial charge in [0.25, 0.3) is 5.91 Å². The van der Waals surface area contributed by atoms with Crippen molar-refractivity contribution in [2.24, 2.45) is 7.05 Å². The number of fused-ring (bicyclic) bond motifs is 1. The number of amides is 1. The van der Waals surface area contributed by atoms with E-state index in [0.29, 0.717) is 30.7 Å². The van der Waals surface area contributed by atoms with Gasteiger partial charge in [-0.2, -0.15) is 0 Å². The molecule has 0 saturated carbocycles. The summed E-state index contributed by atoms with van der Waals surface area (Å²) >= 11 is 6.06. The van der Waals surface area contributed by atoms with E-state index < -0.39 is 0 Å². The number of morpholine rings is 1. The molecule has 1 N–H and O–H groups in total. The molecule has 1 fully saturated rings. The summed E-state index contributed by atoms with van der Waals surface area (Å²) in [4.78, 5) is 19.5. The predicted molar refractivity (Wildman–Crippen MR) is 123 cm³/mol. The standard InChI is InChI=1S/C23H28ClN5O3/c1-15-12-16(2)26-22-21(15)23(27-28(22)3)32-14-20(30)25-13-19(29-8-10-31-11-9-29)17-4-6-18(24)7-5-17/h4-7,12,19H,8-11,13-14H2,1-3H3,(H,25,30). The molecule has 8 nitrogen and oxygen atoms in total. The van der Waals surface area contributed by atoms with Crippen molar-refractivity contribution in [3.8, 4) is 5.88 Å². The van der Waals surface area contributed by atoms with Gasteiger partial charge in [0.1, 0.15) is 0 Å². The molecular weight excluding hydrogens is 430 g/mol. The van der Waals surface area contributed by atoms with Gasteiger partial charge in [0.05, 0.1) is 24.6 Å². The first-order valence-electron chi connectivity index (χ1n) is 10.7. The minimum absolute atomic E-state index is 0.0326. The molecule has 32 heavy (non-hydrogen) atoms. The third kappa shape index (κ3) is 5.03. The van der Waals surface area contributed by atoms with Gasteiger partial charge in [0.2, 0.25) is 5.88 Å². The highest BCUT2D eigenvalue weighted by Gasteiger charge is 2.23. The van der Waals surface area contributed by atoms with Gasteiger partial charge >= 0.3 is 0 Å². The topological polar surface area (TPSA) is 81.5 Å². The Kier molecular flexibility index (Phi) is 6.93. The molecule has 9 heteroatoms. The van der Waals surface area contributed by atoms with Crippen LogP contribution in [-0.2, 0) is 16.6 Å². The number of hydrogen-bond donors (Lipinski definition) is 1. The highest BCUT2D eigenvalue weighted by Crippen LogP contribution is 2.27. The fourth-order valence-corrected chi connectivity index (χ4v) is 4.20. The van der Waals surface area contributed by atoms with E-state index in [0.717, 1.165) is 40.9 Å². The predicted octanol–water partition coefficient (Wildman–Crippen LogP) is 2.81. The van der Waals surface area contributed by atoms with Gasteiger partial charge in [0.15, 0.2) is 12.3 Å². The third-order valence-corrected chi connectivity index (χ3v) is 5.91. The molecule has 3 aromatic rings. The molecule has 3 heterocycles. The lowest BCUT2D eigenvalue weighted by Gasteiger charge is -2.35. The van der Waals surface area contributed by atoms with Crippen molar-refractivity contribution in [3.05, 3.63) is 52.2 Å². The summed E-state index contributed by atoms with van der Waals surface area (Å²) in [6.45, 7) is 7.27. The fourth-order valence-electron chi connectivity index (χ4n) is 4.08. The van der Waals surface area contributed by atoms with E-state index in [2.05, 4.69) is 20.3 Å². The van der Waals surface area contributed by atoms with E-state index in [1.54, 1.807) is 4.68 Å². The van der Waals surface area contributed by atoms with E-state index in [9.17, 15) is 4.79 Å². The van der Waals surface area contributed by atoms with Crippen molar-refractivity contribution < 1.29 is 14.3 Å². The molecule has 0 spiro atoms. The zero-order chi connectivity index (χ0) is 22.7. The number of halogens is 1. The van der Waals surface area contributed by atoms with Crippen LogP contribution in [0.1, 0.15) is 22.9 Å². The van der Waals surface area contributed by atoms with Crippen molar-refractivity contribution in [2.75, 3.05) is 39.5 Å². The molecule has 0 radical (unpaired) electrons. The minimum Gasteiger partial charge on any atom is -0.466 e. The summed E-state index contributed by atoms with van der Waals surface area (Å²) in [5, 5.41) is 8.94. The minimum atomic E-state index is -0.200. The molecule has 1 atom stereocenters. The summed E-state index contributed by atoms with van der Waals surface area (Å²) in [5.74, 6) is 0.221. The Labute approximate surface area is 192 Å². The molecule has 4 rings (SSSR count). The molecule has 0 aliphatic carbocycles. The van der Waals surface area contributed by atoms with Gasteiger partial charge in [0, 0.05) is 37.4 Å². The van der Waals surface area contributed by atoms with Crippen molar-refractivity contribution in [3.63, 3.8) is 0 Å². The smallest absolute Gasteiger partial charge is 0.258 e. The van der Waals surface area contributed by atoms with Crippen LogP contribution >= 0.6 is 11.6 Å². The monoisotopic (exact) mass is 457 g/mol. The molecule has 1 unspecified atom stereocenters. The Morgan fingerprint density at radius 2 is 1.97 bits per heavy atom. The average molecular weight is 458 g/mol. The molecular formula is C23H28ClN5O3. The second kappa shape index (κ2) is 9.85. The molecule has 1 amide bonds. The Balaban J connectivity index is 1.41. The van der Waals surface area contributed by atoms with Crippen LogP contribution in [0.4, 0.5) is 0 Å². The number of rotatable bonds is 7. The molecule has 170 valence electrons. The van der Waals surface area contributed by atoms with Crippen LogP contribution in [0, 0.1) is 13.8 Å². The number of hydrogen-bond acceptors (Lipinski definition) is 6. The van der Waals surface area contributed by atoms with E-state index in [1.807, 2.05) is 51.2 Å². The maximum Gasteiger partial charge on any atom is 0.258 e. The first-order valence-corrected chi connectivity index (χ1v) is 11.1. The van der Waals surface area contributed by atoms with Crippen molar-refractivity contribution >= 4 is 28.5 Å². The van der Waals surface area contributed by atoms with E-state index in [4.69, 9.17) is 21.1 Å². The second-order valence-electron chi connectivity index (χ2n) is 8.02. The van der Waals surface area contributed by atoms with Gasteiger partial charge < -0.3 is 14.8 Å². The number of nitrogens with zero attached hydrogens (tertiary/aromatic N) is 4. The highest BCUT2D eigenvalue weighted by molar-refractivity contribution is 6.30. The van der Waals surface area contributed by atoms with Crippen LogP contribution in [-0.4, -0.2) is 65.0 Å². The quantitative estimate of drug-likeness (QED) is 0.587. The SMILES string of the molecule is Cc1cc(C)c2c(OCC(=O)NCC(c3ccc(Cl)cc3)N3CCOCC3)nn(C)c2n1. The van der Waals surface area contributed by atoms with Gasteiger partial charge in [-0.05, 0) is 43.2 Å². The lowest BCUT2D eigenvalue weighted by molar-refractivity contribution is -0.123. The first kappa shape index (κ1) is 22.5. The second-order valence-corrected chi connectivity index (χ2v) is 8.45. The Morgan fingerprint density at radius 3 is 2.69 bits per heavy atom. The maximum atomic E-state index is 12.6. The lowest BCUT2D eigenvalue weighted by Crippen LogP contribution is -2.44. The Hall–Kier alpha value is -2.68. The number of benzene rings is 1. The number of ether oxygens (including phenoxy) is 2. The zero-order valence-corrected chi connectivity index (χ0v) is 19.4. The lowest BCUT2D eigenvalue weighted by atomic mass is 10.0. The summed E-state index contributed by atoms with van der Waals surface area (Å²) in [7, 11) is 1.82. The third-order valence-electron chi connectivity index (χ3n) is 5.66. The summed E-state index contributed by atoms with van der Waals surface area (Å²) in [6, 6.07) is 9.77. The van der Waals surface area contributed by atoms with Crippen LogP contribution in [0.25, 0.3) is 11.0 Å². The summed E-state index contributed by atoms with van der Waals surface area (Å²) < 4.78 is 13.0. The normalized spacial score (nSPS) is 15.6. The van der Waals surface area contributed by atoms with Gasteiger partial charge in [-0.25, -0.2) is 9.67 Å². The molecule has 1 aliphatic heterocycles. The van der Waals surface area contributed by atoms with Crippen molar-refractivity contribution in [1.29, 1.82) is 0 Å². The van der Waals surface area contributed by atoms with Crippen LogP contribution in [0.15, 0.2) is 30.3 Å². The highest BCUT2D eigenvalue weighted by atomic mass is 35.5. The molecule has 1 aromatic carbocycles. The summed E-state index contributed by atoms with van der Waals surface area (Å²) in [5.41, 5.74) is 3.78. The largest absolute Gasteiger partial charge is 0.466 e. The first-order chi connectivity index (χ1) is 15.4. The number of pyridine rings is 1. The zero-order valence-electron chi connectivity index (χ0n) is 18.6. The van der Waals surface area contributed by atoms with E-state index in [-0.39, 0.29) is 18.6 Å². The molecule has 1 saturated heterocycles. The molecule has 0 bridgehead atoms. The number of aromatic nitrogens is 3. The fraction of sp³-hybridized carbons (Fsp3) is 0.435. The number of carbonyl (C=O) groups excluding carboxylic acids is 1. The number of carbonyl (C=O) groups is 1. The van der Waals surface area contributed by atoms with Gasteiger partial charge in [-0.1, -0.05) is 23.7 Å². The number of aryl methyl sites for hydroxylation is 3. The molecule has 2 aromatic heterocycles. The van der Waals surface area contributed by atoms with Gasteiger partial charge in [-0.3, -0.25) is 9.69 Å². The van der Waals surface area contributed by atoms with Gasteiger partial charge in [-0.15, -0.1) is 5.10 Å². The van der Waals surface area contributed by atoms with Crippen LogP contribution in [0.5, 0.6) is 5.88 Å². The van der Waals surface area contributed by atoms with Crippen molar-refractivity contribution in [1.82, 2.24) is 25.0 Å². The molecule has 1 aliphatic rings. The maximum absolute atomic E-state index is 12.6. The van der Waals surface area contributed by atoms with Crippen LogP contribution < -0.4 is 10.1 Å². The van der Waals surface area contributed by atoms with Crippen LogP contribution in [0.2, 0.25) is 5.02 Å². The van der Waals surface area contributed by atoms with Crippen molar-refractivity contribution in [2.45, 2.75) is 19.9 Å². The van der Waals surface area contributed by atoms with Crippen LogP contribution in [0.3, 0.4) is 0 Å². The van der Waals surface area contributed by atoms with E-state index in [1.165, 1.54) is 0 Å². The Morgan fingerprint density at radius 1 is 1.25 bits per heavy atom. The Bertz CT molecular complexity index is 1090. The van der Waals surface area contributed by atoms with E-state index >= 15 is 0 Å². The average Bonchev–Trinajstić information content (AvgIpc) is 3.10. The number of nitrogens with one attached hydrogen (secondary N) is 1. The summed E-state index contributed by atoms with van der Waals surface area (Å²) in [6.07, 6.45) is 0.